The molecule has 0 aliphatic carbocycles. The van der Waals surface area contributed by atoms with E-state index < -0.39 is 10.0 Å². The number of amides is 1. The first kappa shape index (κ1) is 21.9. The van der Waals surface area contributed by atoms with Crippen LogP contribution in [0, 0.1) is 0 Å². The lowest BCUT2D eigenvalue weighted by molar-refractivity contribution is 0.0919. The molecule has 0 bridgehead atoms. The van der Waals surface area contributed by atoms with Crippen molar-refractivity contribution in [2.75, 3.05) is 13.7 Å². The molecule has 0 fully saturated rings. The number of ether oxygens (including phenoxy) is 1. The second kappa shape index (κ2) is 8.75. The van der Waals surface area contributed by atoms with Crippen molar-refractivity contribution < 1.29 is 17.9 Å². The van der Waals surface area contributed by atoms with E-state index in [4.69, 9.17) is 4.74 Å². The monoisotopic (exact) mass is 404 g/mol. The molecular weight excluding hydrogens is 376 g/mol. The number of hydrogen-bond acceptors (Lipinski definition) is 4. The summed E-state index contributed by atoms with van der Waals surface area (Å²) in [6.45, 7) is 8.12. The molecule has 1 N–H and O–H groups in total. The Morgan fingerprint density at radius 1 is 1.04 bits per heavy atom. The molecule has 0 heterocycles. The van der Waals surface area contributed by atoms with Gasteiger partial charge in [0, 0.05) is 24.2 Å². The highest BCUT2D eigenvalue weighted by molar-refractivity contribution is 7.89. The van der Waals surface area contributed by atoms with E-state index in [9.17, 15) is 13.2 Å². The molecule has 152 valence electrons. The number of rotatable bonds is 7. The van der Waals surface area contributed by atoms with E-state index in [1.165, 1.54) is 23.5 Å². The van der Waals surface area contributed by atoms with Gasteiger partial charge >= 0.3 is 0 Å². The maximum Gasteiger partial charge on any atom is 0.251 e. The van der Waals surface area contributed by atoms with Crippen LogP contribution in [-0.2, 0) is 16.6 Å². The first-order valence-corrected chi connectivity index (χ1v) is 10.6. The average Bonchev–Trinajstić information content (AvgIpc) is 2.65. The molecule has 0 aliphatic rings. The highest BCUT2D eigenvalue weighted by Crippen LogP contribution is 2.21. The molecule has 0 aliphatic heterocycles. The summed E-state index contributed by atoms with van der Waals surface area (Å²) in [6, 6.07) is 13.3. The van der Waals surface area contributed by atoms with Crippen LogP contribution in [0.1, 0.15) is 43.6 Å². The van der Waals surface area contributed by atoms with E-state index in [-0.39, 0.29) is 22.9 Å². The zero-order valence-corrected chi connectivity index (χ0v) is 17.8. The van der Waals surface area contributed by atoms with Gasteiger partial charge in [-0.3, -0.25) is 4.79 Å². The van der Waals surface area contributed by atoms with E-state index in [1.807, 2.05) is 20.8 Å². The predicted molar refractivity (Wildman–Crippen MR) is 110 cm³/mol. The van der Waals surface area contributed by atoms with Gasteiger partial charge in [0.05, 0.1) is 12.0 Å². The third kappa shape index (κ3) is 5.56. The Bertz CT molecular complexity index is 899. The third-order valence-corrected chi connectivity index (χ3v) is 6.05. The average molecular weight is 405 g/mol. The Morgan fingerprint density at radius 3 is 2.07 bits per heavy atom. The number of nitrogens with one attached hydrogen (secondary N) is 1. The number of carbonyl (C=O) groups is 1. The standard InChI is InChI=1S/C21H28N2O4S/c1-6-23(28(25,26)19-13-11-18(27-5)12-14-19)15-16-7-9-17(10-8-16)20(24)22-21(2,3)4/h7-14H,6,15H2,1-5H3,(H,22,24). The molecule has 2 aromatic carbocycles. The molecule has 28 heavy (non-hydrogen) atoms. The first-order chi connectivity index (χ1) is 13.1. The van der Waals surface area contributed by atoms with Gasteiger partial charge in [-0.1, -0.05) is 19.1 Å². The quantitative estimate of drug-likeness (QED) is 0.767. The summed E-state index contributed by atoms with van der Waals surface area (Å²) in [4.78, 5) is 12.4. The number of benzene rings is 2. The number of sulfonamides is 1. The van der Waals surface area contributed by atoms with Crippen molar-refractivity contribution in [2.24, 2.45) is 0 Å². The lowest BCUT2D eigenvalue weighted by atomic mass is 10.1. The van der Waals surface area contributed by atoms with Crippen LogP contribution in [0.4, 0.5) is 0 Å². The molecule has 0 atom stereocenters. The smallest absolute Gasteiger partial charge is 0.251 e. The molecule has 0 unspecified atom stereocenters. The molecule has 2 rings (SSSR count). The van der Waals surface area contributed by atoms with Crippen molar-refractivity contribution in [2.45, 2.75) is 44.7 Å². The molecule has 7 heteroatoms. The molecule has 0 radical (unpaired) electrons. The van der Waals surface area contributed by atoms with Gasteiger partial charge in [-0.25, -0.2) is 8.42 Å². The number of nitrogens with zero attached hydrogens (tertiary/aromatic N) is 1. The third-order valence-electron chi connectivity index (χ3n) is 4.11. The Labute approximate surface area is 167 Å². The van der Waals surface area contributed by atoms with E-state index >= 15 is 0 Å². The van der Waals surface area contributed by atoms with Gasteiger partial charge in [-0.05, 0) is 62.7 Å². The predicted octanol–water partition coefficient (Wildman–Crippen LogP) is 3.43. The fourth-order valence-electron chi connectivity index (χ4n) is 2.64. The van der Waals surface area contributed by atoms with Crippen LogP contribution < -0.4 is 10.1 Å². The fourth-order valence-corrected chi connectivity index (χ4v) is 4.08. The number of carbonyl (C=O) groups excluding carboxylic acids is 1. The molecule has 1 amide bonds. The van der Waals surface area contributed by atoms with Crippen LogP contribution in [0.25, 0.3) is 0 Å². The van der Waals surface area contributed by atoms with Crippen LogP contribution in [0.15, 0.2) is 53.4 Å². The summed E-state index contributed by atoms with van der Waals surface area (Å²) < 4.78 is 32.3. The minimum absolute atomic E-state index is 0.155. The summed E-state index contributed by atoms with van der Waals surface area (Å²) in [5, 5.41) is 2.91. The molecule has 6 nitrogen and oxygen atoms in total. The highest BCUT2D eigenvalue weighted by Gasteiger charge is 2.23. The summed E-state index contributed by atoms with van der Waals surface area (Å²) in [5.74, 6) is 0.448. The molecule has 0 saturated carbocycles. The van der Waals surface area contributed by atoms with Crippen molar-refractivity contribution >= 4 is 15.9 Å². The number of methoxy groups -OCH3 is 1. The minimum Gasteiger partial charge on any atom is -0.497 e. The van der Waals surface area contributed by atoms with Crippen LogP contribution in [0.3, 0.4) is 0 Å². The van der Waals surface area contributed by atoms with Crippen LogP contribution in [0.2, 0.25) is 0 Å². The topological polar surface area (TPSA) is 75.7 Å². The molecular formula is C21H28N2O4S. The van der Waals surface area contributed by atoms with Crippen molar-refractivity contribution in [3.05, 3.63) is 59.7 Å². The maximum absolute atomic E-state index is 12.9. The Morgan fingerprint density at radius 2 is 1.61 bits per heavy atom. The van der Waals surface area contributed by atoms with Gasteiger partial charge < -0.3 is 10.1 Å². The maximum atomic E-state index is 12.9. The van der Waals surface area contributed by atoms with Crippen molar-refractivity contribution in [1.82, 2.24) is 9.62 Å². The molecule has 2 aromatic rings. The first-order valence-electron chi connectivity index (χ1n) is 9.12. The van der Waals surface area contributed by atoms with Crippen LogP contribution >= 0.6 is 0 Å². The summed E-state index contributed by atoms with van der Waals surface area (Å²) in [7, 11) is -2.09. The Kier molecular flexibility index (Phi) is 6.85. The van der Waals surface area contributed by atoms with Crippen molar-refractivity contribution in [1.29, 1.82) is 0 Å². The highest BCUT2D eigenvalue weighted by atomic mass is 32.2. The second-order valence-corrected chi connectivity index (χ2v) is 9.45. The van der Waals surface area contributed by atoms with Gasteiger partial charge in [-0.15, -0.1) is 0 Å². The second-order valence-electron chi connectivity index (χ2n) is 7.51. The van der Waals surface area contributed by atoms with Crippen LogP contribution in [0.5, 0.6) is 5.75 Å². The summed E-state index contributed by atoms with van der Waals surface area (Å²) in [5.41, 5.74) is 1.03. The van der Waals surface area contributed by atoms with Crippen molar-refractivity contribution in [3.8, 4) is 5.75 Å². The summed E-state index contributed by atoms with van der Waals surface area (Å²) >= 11 is 0. The zero-order chi connectivity index (χ0) is 20.9. The van der Waals surface area contributed by atoms with Crippen molar-refractivity contribution in [3.63, 3.8) is 0 Å². The normalized spacial score (nSPS) is 12.1. The van der Waals surface area contributed by atoms with E-state index in [0.29, 0.717) is 17.9 Å². The van der Waals surface area contributed by atoms with Gasteiger partial charge in [-0.2, -0.15) is 4.31 Å². The van der Waals surface area contributed by atoms with Gasteiger partial charge in [0.15, 0.2) is 0 Å². The Balaban J connectivity index is 2.16. The molecule has 0 aromatic heterocycles. The largest absolute Gasteiger partial charge is 0.497 e. The lowest BCUT2D eigenvalue weighted by Crippen LogP contribution is -2.40. The fraction of sp³-hybridized carbons (Fsp3) is 0.381. The van der Waals surface area contributed by atoms with E-state index in [2.05, 4.69) is 5.32 Å². The Hall–Kier alpha value is -2.38. The van der Waals surface area contributed by atoms with Gasteiger partial charge in [0.1, 0.15) is 5.75 Å². The van der Waals surface area contributed by atoms with E-state index in [1.54, 1.807) is 43.3 Å². The minimum atomic E-state index is -3.63. The summed E-state index contributed by atoms with van der Waals surface area (Å²) in [6.07, 6.45) is 0. The van der Waals surface area contributed by atoms with Gasteiger partial charge in [0.25, 0.3) is 5.91 Å². The van der Waals surface area contributed by atoms with E-state index in [0.717, 1.165) is 5.56 Å². The molecule has 0 saturated heterocycles. The van der Waals surface area contributed by atoms with Crippen LogP contribution in [-0.4, -0.2) is 37.8 Å². The SMILES string of the molecule is CCN(Cc1ccc(C(=O)NC(C)(C)C)cc1)S(=O)(=O)c1ccc(OC)cc1. The van der Waals surface area contributed by atoms with Gasteiger partial charge in [0.2, 0.25) is 10.0 Å². The molecule has 0 spiro atoms. The zero-order valence-electron chi connectivity index (χ0n) is 17.0. The number of hydrogen-bond donors (Lipinski definition) is 1. The lowest BCUT2D eigenvalue weighted by Gasteiger charge is -2.22.